The third-order valence-corrected chi connectivity index (χ3v) is 3.44. The molecule has 1 spiro atoms. The van der Waals surface area contributed by atoms with Gasteiger partial charge in [-0.3, -0.25) is 0 Å². The fraction of sp³-hybridized carbons (Fsp3) is 0.900. The predicted octanol–water partition coefficient (Wildman–Crippen LogP) is 1.63. The van der Waals surface area contributed by atoms with Gasteiger partial charge in [-0.05, 0) is 38.1 Å². The summed E-state index contributed by atoms with van der Waals surface area (Å²) in [5.41, 5.74) is 0.627. The van der Waals surface area contributed by atoms with Gasteiger partial charge in [0.1, 0.15) is 0 Å². The molecule has 1 saturated heterocycles. The minimum Gasteiger partial charge on any atom is -0.305 e. The first-order valence-corrected chi connectivity index (χ1v) is 4.82. The summed E-state index contributed by atoms with van der Waals surface area (Å²) in [4.78, 5) is 2.38. The minimum atomic E-state index is 0.363. The van der Waals surface area contributed by atoms with Gasteiger partial charge in [-0.1, -0.05) is 0 Å². The lowest BCUT2D eigenvalue weighted by atomic mass is 9.66. The number of likely N-dealkylation sites (tertiary alicyclic amines) is 1. The first-order valence-electron chi connectivity index (χ1n) is 4.82. The Bertz CT molecular complexity index is 200. The second-order valence-electron chi connectivity index (χ2n) is 4.58. The summed E-state index contributed by atoms with van der Waals surface area (Å²) in [5, 5.41) is 8.74. The van der Waals surface area contributed by atoms with Gasteiger partial charge in [-0.2, -0.15) is 5.26 Å². The first-order chi connectivity index (χ1) is 5.74. The van der Waals surface area contributed by atoms with Gasteiger partial charge in [0.15, 0.2) is 0 Å². The fourth-order valence-electron chi connectivity index (χ4n) is 2.77. The summed E-state index contributed by atoms with van der Waals surface area (Å²) < 4.78 is 0. The molecular weight excluding hydrogens is 148 g/mol. The highest BCUT2D eigenvalue weighted by Gasteiger charge is 2.43. The molecule has 1 aliphatic heterocycles. The normalized spacial score (nSPS) is 29.7. The highest BCUT2D eigenvalue weighted by molar-refractivity contribution is 4.99. The number of hydrogen-bond donors (Lipinski definition) is 0. The molecule has 1 aliphatic carbocycles. The molecule has 0 atom stereocenters. The summed E-state index contributed by atoms with van der Waals surface area (Å²) in [7, 11) is 2.18. The molecule has 0 aromatic carbocycles. The van der Waals surface area contributed by atoms with Crippen molar-refractivity contribution in [2.45, 2.75) is 25.7 Å². The Hall–Kier alpha value is -0.550. The Kier molecular flexibility index (Phi) is 1.84. The third kappa shape index (κ3) is 1.23. The Labute approximate surface area is 74.2 Å². The molecule has 66 valence electrons. The van der Waals surface area contributed by atoms with Crippen LogP contribution in [-0.2, 0) is 0 Å². The molecule has 1 heterocycles. The monoisotopic (exact) mass is 164 g/mol. The zero-order valence-electron chi connectivity index (χ0n) is 7.71. The largest absolute Gasteiger partial charge is 0.305 e. The molecule has 0 N–H and O–H groups in total. The molecule has 0 radical (unpaired) electrons. The van der Waals surface area contributed by atoms with E-state index < -0.39 is 0 Å². The molecule has 0 aromatic heterocycles. The molecule has 1 saturated carbocycles. The average Bonchev–Trinajstić information content (AvgIpc) is 2.04. The van der Waals surface area contributed by atoms with Crippen molar-refractivity contribution in [1.82, 2.24) is 4.90 Å². The van der Waals surface area contributed by atoms with Gasteiger partial charge in [0.05, 0.1) is 6.07 Å². The maximum absolute atomic E-state index is 8.74. The van der Waals surface area contributed by atoms with E-state index in [0.29, 0.717) is 11.3 Å². The zero-order chi connectivity index (χ0) is 8.60. The minimum absolute atomic E-state index is 0.363. The number of nitriles is 1. The summed E-state index contributed by atoms with van der Waals surface area (Å²) in [5.74, 6) is 0.363. The number of rotatable bonds is 0. The highest BCUT2D eigenvalue weighted by Crippen LogP contribution is 2.44. The number of nitrogens with zero attached hydrogens (tertiary/aromatic N) is 2. The summed E-state index contributed by atoms with van der Waals surface area (Å²) in [6.07, 6.45) is 4.86. The highest BCUT2D eigenvalue weighted by atomic mass is 15.2. The van der Waals surface area contributed by atoms with E-state index in [1.807, 2.05) is 0 Å². The maximum atomic E-state index is 8.74. The van der Waals surface area contributed by atoms with E-state index in [0.717, 1.165) is 12.8 Å². The summed E-state index contributed by atoms with van der Waals surface area (Å²) in [6.45, 7) is 2.54. The van der Waals surface area contributed by atoms with E-state index in [9.17, 15) is 0 Å². The van der Waals surface area contributed by atoms with Crippen molar-refractivity contribution >= 4 is 0 Å². The van der Waals surface area contributed by atoms with Crippen LogP contribution in [0.4, 0.5) is 0 Å². The lowest BCUT2D eigenvalue weighted by molar-refractivity contribution is -0.0158. The molecular formula is C10H16N2. The Morgan fingerprint density at radius 2 is 1.92 bits per heavy atom. The van der Waals surface area contributed by atoms with Gasteiger partial charge >= 0.3 is 0 Å². The van der Waals surface area contributed by atoms with Crippen molar-refractivity contribution in [3.05, 3.63) is 0 Å². The summed E-state index contributed by atoms with van der Waals surface area (Å²) >= 11 is 0. The standard InChI is InChI=1S/C10H16N2/c1-12-7-10(8-12)4-2-9(6-11)3-5-10/h9H,2-5,7-8H2,1H3. The second kappa shape index (κ2) is 2.74. The molecule has 0 unspecified atom stereocenters. The van der Waals surface area contributed by atoms with Crippen molar-refractivity contribution in [3.63, 3.8) is 0 Å². The Morgan fingerprint density at radius 1 is 1.33 bits per heavy atom. The van der Waals surface area contributed by atoms with Crippen LogP contribution in [0.25, 0.3) is 0 Å². The molecule has 2 rings (SSSR count). The van der Waals surface area contributed by atoms with Crippen LogP contribution in [0.2, 0.25) is 0 Å². The van der Waals surface area contributed by atoms with E-state index in [2.05, 4.69) is 18.0 Å². The Balaban J connectivity index is 1.88. The molecule has 0 aromatic rings. The van der Waals surface area contributed by atoms with Crippen molar-refractivity contribution in [1.29, 1.82) is 5.26 Å². The molecule has 2 aliphatic rings. The van der Waals surface area contributed by atoms with Crippen LogP contribution in [0.15, 0.2) is 0 Å². The predicted molar refractivity (Wildman–Crippen MR) is 47.5 cm³/mol. The fourth-order valence-corrected chi connectivity index (χ4v) is 2.77. The van der Waals surface area contributed by atoms with Crippen molar-refractivity contribution in [3.8, 4) is 6.07 Å². The van der Waals surface area contributed by atoms with E-state index in [1.54, 1.807) is 0 Å². The van der Waals surface area contributed by atoms with Crippen molar-refractivity contribution in [2.24, 2.45) is 11.3 Å². The number of hydrogen-bond acceptors (Lipinski definition) is 2. The van der Waals surface area contributed by atoms with Crippen LogP contribution in [0.5, 0.6) is 0 Å². The Morgan fingerprint density at radius 3 is 2.33 bits per heavy atom. The summed E-state index contributed by atoms with van der Waals surface area (Å²) in [6, 6.07) is 2.39. The van der Waals surface area contributed by atoms with Crippen LogP contribution in [-0.4, -0.2) is 25.0 Å². The third-order valence-electron chi connectivity index (χ3n) is 3.44. The van der Waals surface area contributed by atoms with Gasteiger partial charge in [-0.15, -0.1) is 0 Å². The lowest BCUT2D eigenvalue weighted by Gasteiger charge is -2.51. The van der Waals surface area contributed by atoms with Crippen LogP contribution in [0.1, 0.15) is 25.7 Å². The van der Waals surface area contributed by atoms with Crippen LogP contribution in [0.3, 0.4) is 0 Å². The van der Waals surface area contributed by atoms with Gasteiger partial charge < -0.3 is 4.90 Å². The van der Waals surface area contributed by atoms with E-state index in [1.165, 1.54) is 25.9 Å². The SMILES string of the molecule is CN1CC2(CCC(C#N)CC2)C1. The molecule has 12 heavy (non-hydrogen) atoms. The van der Waals surface area contributed by atoms with E-state index in [-0.39, 0.29) is 0 Å². The van der Waals surface area contributed by atoms with Gasteiger partial charge in [0.25, 0.3) is 0 Å². The van der Waals surface area contributed by atoms with Crippen LogP contribution >= 0.6 is 0 Å². The smallest absolute Gasteiger partial charge is 0.0655 e. The molecule has 2 nitrogen and oxygen atoms in total. The second-order valence-corrected chi connectivity index (χ2v) is 4.58. The van der Waals surface area contributed by atoms with Crippen molar-refractivity contribution in [2.75, 3.05) is 20.1 Å². The van der Waals surface area contributed by atoms with Crippen LogP contribution in [0, 0.1) is 22.7 Å². The lowest BCUT2D eigenvalue weighted by Crippen LogP contribution is -2.55. The molecule has 0 amide bonds. The van der Waals surface area contributed by atoms with Crippen molar-refractivity contribution < 1.29 is 0 Å². The first kappa shape index (κ1) is 8.07. The molecule has 0 bridgehead atoms. The topological polar surface area (TPSA) is 27.0 Å². The molecule has 2 heteroatoms. The molecule has 2 fully saturated rings. The quantitative estimate of drug-likeness (QED) is 0.544. The van der Waals surface area contributed by atoms with Gasteiger partial charge in [-0.25, -0.2) is 0 Å². The average molecular weight is 164 g/mol. The van der Waals surface area contributed by atoms with Gasteiger partial charge in [0, 0.05) is 19.0 Å². The van der Waals surface area contributed by atoms with Crippen LogP contribution < -0.4 is 0 Å². The van der Waals surface area contributed by atoms with E-state index in [4.69, 9.17) is 5.26 Å². The zero-order valence-corrected chi connectivity index (χ0v) is 7.71. The maximum Gasteiger partial charge on any atom is 0.0655 e. The van der Waals surface area contributed by atoms with E-state index >= 15 is 0 Å². The van der Waals surface area contributed by atoms with Gasteiger partial charge in [0.2, 0.25) is 0 Å².